The predicted molar refractivity (Wildman–Crippen MR) is 70.1 cm³/mol. The molecule has 21 heavy (non-hydrogen) atoms. The quantitative estimate of drug-likeness (QED) is 0.793. The fourth-order valence-electron chi connectivity index (χ4n) is 1.70. The van der Waals surface area contributed by atoms with Gasteiger partial charge in [0.2, 0.25) is 5.89 Å². The molecular formula is C13H14F2N2O3S. The highest BCUT2D eigenvalue weighted by Gasteiger charge is 2.21. The van der Waals surface area contributed by atoms with Crippen molar-refractivity contribution in [3.05, 3.63) is 41.5 Å². The van der Waals surface area contributed by atoms with Gasteiger partial charge in [-0.1, -0.05) is 19.0 Å². The second-order valence-corrected chi connectivity index (χ2v) is 7.03. The molecule has 0 saturated heterocycles. The van der Waals surface area contributed by atoms with Crippen LogP contribution in [0, 0.1) is 17.6 Å². The molecule has 114 valence electrons. The van der Waals surface area contributed by atoms with Gasteiger partial charge in [0.25, 0.3) is 0 Å². The molecule has 8 heteroatoms. The maximum atomic E-state index is 13.1. The average Bonchev–Trinajstić information content (AvgIpc) is 2.78. The van der Waals surface area contributed by atoms with Crippen molar-refractivity contribution in [1.82, 2.24) is 10.1 Å². The number of nitrogens with zero attached hydrogens (tertiary/aromatic N) is 2. The largest absolute Gasteiger partial charge is 0.339 e. The summed E-state index contributed by atoms with van der Waals surface area (Å²) >= 11 is 0. The summed E-state index contributed by atoms with van der Waals surface area (Å²) in [7, 11) is -3.86. The van der Waals surface area contributed by atoms with E-state index in [1.807, 2.05) is 13.8 Å². The van der Waals surface area contributed by atoms with E-state index in [-0.39, 0.29) is 10.7 Å². The van der Waals surface area contributed by atoms with Crippen molar-refractivity contribution in [1.29, 1.82) is 0 Å². The zero-order chi connectivity index (χ0) is 15.6. The van der Waals surface area contributed by atoms with Crippen LogP contribution in [0.3, 0.4) is 0 Å². The van der Waals surface area contributed by atoms with E-state index in [2.05, 4.69) is 10.1 Å². The first-order valence-corrected chi connectivity index (χ1v) is 7.92. The van der Waals surface area contributed by atoms with Crippen molar-refractivity contribution in [3.8, 4) is 0 Å². The van der Waals surface area contributed by atoms with Crippen molar-refractivity contribution in [3.63, 3.8) is 0 Å². The van der Waals surface area contributed by atoms with E-state index < -0.39 is 27.2 Å². The third kappa shape index (κ3) is 3.84. The molecule has 0 spiro atoms. The lowest BCUT2D eigenvalue weighted by Gasteiger charge is -2.02. The summed E-state index contributed by atoms with van der Waals surface area (Å²) in [5, 5.41) is 3.59. The van der Waals surface area contributed by atoms with Gasteiger partial charge in [0.15, 0.2) is 27.3 Å². The Balaban J connectivity index is 2.20. The molecule has 1 aromatic carbocycles. The Kier molecular flexibility index (Phi) is 4.36. The van der Waals surface area contributed by atoms with E-state index in [9.17, 15) is 17.2 Å². The minimum Gasteiger partial charge on any atom is -0.339 e. The Morgan fingerprint density at radius 2 is 1.95 bits per heavy atom. The van der Waals surface area contributed by atoms with E-state index in [0.29, 0.717) is 24.3 Å². The van der Waals surface area contributed by atoms with Crippen LogP contribution in [-0.2, 0) is 22.0 Å². The molecule has 0 aliphatic carbocycles. The summed E-state index contributed by atoms with van der Waals surface area (Å²) in [6.07, 6.45) is 0.540. The summed E-state index contributed by atoms with van der Waals surface area (Å²) in [6, 6.07) is 2.41. The van der Waals surface area contributed by atoms with Crippen molar-refractivity contribution in [2.75, 3.05) is 0 Å². The van der Waals surface area contributed by atoms with Crippen molar-refractivity contribution in [2.24, 2.45) is 5.92 Å². The molecule has 1 aromatic heterocycles. The fourth-order valence-corrected chi connectivity index (χ4v) is 2.89. The smallest absolute Gasteiger partial charge is 0.226 e. The van der Waals surface area contributed by atoms with E-state index in [4.69, 9.17) is 4.52 Å². The summed E-state index contributed by atoms with van der Waals surface area (Å²) in [5.41, 5.74) is 0. The van der Waals surface area contributed by atoms with E-state index in [1.165, 1.54) is 0 Å². The zero-order valence-electron chi connectivity index (χ0n) is 11.5. The monoisotopic (exact) mass is 316 g/mol. The molecule has 0 aliphatic rings. The van der Waals surface area contributed by atoms with Crippen LogP contribution < -0.4 is 0 Å². The van der Waals surface area contributed by atoms with E-state index in [1.54, 1.807) is 0 Å². The van der Waals surface area contributed by atoms with Gasteiger partial charge in [0, 0.05) is 6.42 Å². The standard InChI is InChI=1S/C13H14F2N2O3S/c1-8(2)5-13-16-12(17-20-13)7-21(18,19)9-3-4-10(14)11(15)6-9/h3-4,6,8H,5,7H2,1-2H3. The Hall–Kier alpha value is -1.83. The molecular weight excluding hydrogens is 302 g/mol. The van der Waals surface area contributed by atoms with Gasteiger partial charge in [0.1, 0.15) is 5.75 Å². The lowest BCUT2D eigenvalue weighted by Crippen LogP contribution is -2.07. The molecule has 5 nitrogen and oxygen atoms in total. The Bertz CT molecular complexity index is 742. The van der Waals surface area contributed by atoms with Crippen LogP contribution in [0.5, 0.6) is 0 Å². The van der Waals surface area contributed by atoms with Gasteiger partial charge in [-0.25, -0.2) is 17.2 Å². The highest BCUT2D eigenvalue weighted by Crippen LogP contribution is 2.18. The molecule has 2 rings (SSSR count). The topological polar surface area (TPSA) is 73.1 Å². The van der Waals surface area contributed by atoms with Crippen LogP contribution in [0.25, 0.3) is 0 Å². The van der Waals surface area contributed by atoms with Crippen LogP contribution in [0.4, 0.5) is 8.78 Å². The number of hydrogen-bond acceptors (Lipinski definition) is 5. The lowest BCUT2D eigenvalue weighted by atomic mass is 10.1. The summed E-state index contributed by atoms with van der Waals surface area (Å²) < 4.78 is 55.0. The van der Waals surface area contributed by atoms with Gasteiger partial charge >= 0.3 is 0 Å². The van der Waals surface area contributed by atoms with Crippen LogP contribution in [0.1, 0.15) is 25.6 Å². The Morgan fingerprint density at radius 3 is 2.57 bits per heavy atom. The molecule has 2 aromatic rings. The van der Waals surface area contributed by atoms with E-state index >= 15 is 0 Å². The predicted octanol–water partition coefficient (Wildman–Crippen LogP) is 2.52. The number of rotatable bonds is 5. The van der Waals surface area contributed by atoms with Gasteiger partial charge in [-0.05, 0) is 24.1 Å². The van der Waals surface area contributed by atoms with Crippen LogP contribution in [0.2, 0.25) is 0 Å². The fraction of sp³-hybridized carbons (Fsp3) is 0.385. The van der Waals surface area contributed by atoms with Crippen molar-refractivity contribution < 1.29 is 21.7 Å². The number of benzene rings is 1. The van der Waals surface area contributed by atoms with Gasteiger partial charge in [-0.15, -0.1) is 0 Å². The maximum Gasteiger partial charge on any atom is 0.226 e. The van der Waals surface area contributed by atoms with Gasteiger partial charge in [-0.2, -0.15) is 4.98 Å². The minimum atomic E-state index is -3.86. The SMILES string of the molecule is CC(C)Cc1nc(CS(=O)(=O)c2ccc(F)c(F)c2)no1. The first-order chi connectivity index (χ1) is 9.78. The highest BCUT2D eigenvalue weighted by atomic mass is 32.2. The normalized spacial score (nSPS) is 12.0. The molecule has 0 aliphatic heterocycles. The molecule has 0 N–H and O–H groups in total. The molecule has 0 saturated carbocycles. The van der Waals surface area contributed by atoms with Crippen LogP contribution in [0.15, 0.2) is 27.6 Å². The molecule has 0 unspecified atom stereocenters. The zero-order valence-corrected chi connectivity index (χ0v) is 12.3. The van der Waals surface area contributed by atoms with Crippen molar-refractivity contribution in [2.45, 2.75) is 30.9 Å². The third-order valence-electron chi connectivity index (χ3n) is 2.66. The molecule has 0 bridgehead atoms. The van der Waals surface area contributed by atoms with Crippen LogP contribution >= 0.6 is 0 Å². The second-order valence-electron chi connectivity index (χ2n) is 5.04. The number of sulfone groups is 1. The first-order valence-electron chi connectivity index (χ1n) is 6.27. The van der Waals surface area contributed by atoms with Crippen LogP contribution in [-0.4, -0.2) is 18.6 Å². The number of hydrogen-bond donors (Lipinski definition) is 0. The highest BCUT2D eigenvalue weighted by molar-refractivity contribution is 7.90. The third-order valence-corrected chi connectivity index (χ3v) is 4.27. The Morgan fingerprint density at radius 1 is 1.24 bits per heavy atom. The van der Waals surface area contributed by atoms with Gasteiger partial charge in [0.05, 0.1) is 4.90 Å². The summed E-state index contributed by atoms with van der Waals surface area (Å²) in [4.78, 5) is 3.65. The molecule has 0 radical (unpaired) electrons. The number of halogens is 2. The minimum absolute atomic E-state index is 0.00427. The molecule has 0 atom stereocenters. The summed E-state index contributed by atoms with van der Waals surface area (Å²) in [6.45, 7) is 3.92. The lowest BCUT2D eigenvalue weighted by molar-refractivity contribution is 0.359. The molecule has 0 fully saturated rings. The maximum absolute atomic E-state index is 13.1. The number of aromatic nitrogens is 2. The molecule has 1 heterocycles. The van der Waals surface area contributed by atoms with E-state index in [0.717, 1.165) is 12.1 Å². The first kappa shape index (κ1) is 15.6. The van der Waals surface area contributed by atoms with Gasteiger partial charge in [-0.3, -0.25) is 0 Å². The summed E-state index contributed by atoms with van der Waals surface area (Å²) in [5.74, 6) is -2.21. The second kappa shape index (κ2) is 5.88. The van der Waals surface area contributed by atoms with Crippen molar-refractivity contribution >= 4 is 9.84 Å². The molecule has 0 amide bonds. The Labute approximate surface area is 120 Å². The van der Waals surface area contributed by atoms with Gasteiger partial charge < -0.3 is 4.52 Å². The average molecular weight is 316 g/mol.